The highest BCUT2D eigenvalue weighted by Crippen LogP contribution is 2.39. The maximum absolute atomic E-state index is 13.7. The van der Waals surface area contributed by atoms with Gasteiger partial charge in [-0.15, -0.1) is 0 Å². The highest BCUT2D eigenvalue weighted by atomic mass is 32.2. The van der Waals surface area contributed by atoms with Gasteiger partial charge in [0.2, 0.25) is 16.0 Å². The van der Waals surface area contributed by atoms with Crippen molar-refractivity contribution < 1.29 is 21.6 Å². The molecule has 3 N–H and O–H groups in total. The minimum absolute atomic E-state index is 0.0390. The molecule has 1 aliphatic rings. The summed E-state index contributed by atoms with van der Waals surface area (Å²) in [5, 5.41) is 3.69. The van der Waals surface area contributed by atoms with Crippen LogP contribution >= 0.6 is 11.1 Å². The number of rotatable bonds is 5. The van der Waals surface area contributed by atoms with Crippen LogP contribution in [0.1, 0.15) is 12.0 Å². The molecule has 3 aromatic rings. The van der Waals surface area contributed by atoms with Crippen molar-refractivity contribution in [3.8, 4) is 11.3 Å². The first-order valence-corrected chi connectivity index (χ1v) is 12.9. The van der Waals surface area contributed by atoms with Gasteiger partial charge in [0, 0.05) is 48.8 Å². The van der Waals surface area contributed by atoms with Crippen molar-refractivity contribution in [3.05, 3.63) is 36.2 Å². The van der Waals surface area contributed by atoms with E-state index in [4.69, 9.17) is 0 Å². The van der Waals surface area contributed by atoms with Crippen LogP contribution in [0, 0.1) is 0 Å². The molecule has 0 amide bonds. The van der Waals surface area contributed by atoms with E-state index in [2.05, 4.69) is 25.0 Å². The molecule has 0 bridgehead atoms. The second-order valence-corrected chi connectivity index (χ2v) is 11.8. The van der Waals surface area contributed by atoms with Crippen LogP contribution in [0.15, 0.2) is 35.5 Å². The number of nitrogens with zero attached hydrogens (tertiary/aromatic N) is 3. The van der Waals surface area contributed by atoms with Gasteiger partial charge in [0.1, 0.15) is 5.56 Å². The van der Waals surface area contributed by atoms with Gasteiger partial charge < -0.3 is 15.0 Å². The fraction of sp³-hybridized carbons (Fsp3) is 0.368. The quantitative estimate of drug-likeness (QED) is 0.412. The van der Waals surface area contributed by atoms with Gasteiger partial charge in [-0.25, -0.2) is 22.7 Å². The molecule has 174 valence electrons. The lowest BCUT2D eigenvalue weighted by Crippen LogP contribution is -2.27. The molecule has 3 heterocycles. The average Bonchev–Trinajstić information content (AvgIpc) is 3.16. The Morgan fingerprint density at radius 3 is 2.69 bits per heavy atom. The van der Waals surface area contributed by atoms with Gasteiger partial charge in [-0.3, -0.25) is 0 Å². The van der Waals surface area contributed by atoms with E-state index in [1.807, 2.05) is 0 Å². The lowest BCUT2D eigenvalue weighted by molar-refractivity contribution is -0.137. The van der Waals surface area contributed by atoms with Crippen molar-refractivity contribution in [2.45, 2.75) is 17.5 Å². The number of sulfonamides is 1. The van der Waals surface area contributed by atoms with Crippen LogP contribution in [0.3, 0.4) is 0 Å². The average molecular weight is 489 g/mol. The first-order valence-electron chi connectivity index (χ1n) is 9.78. The third-order valence-electron chi connectivity index (χ3n) is 5.12. The molecular weight excluding hydrogens is 465 g/mol. The lowest BCUT2D eigenvalue weighted by Gasteiger charge is -2.27. The number of thiol groups is 1. The summed E-state index contributed by atoms with van der Waals surface area (Å²) in [6, 6.07) is 4.26. The number of hydrogen-bond acceptors (Lipinski definition) is 6. The molecule has 1 aromatic carbocycles. The predicted molar refractivity (Wildman–Crippen MR) is 120 cm³/mol. The fourth-order valence-corrected chi connectivity index (χ4v) is 6.08. The number of aromatic amines is 1. The Kier molecular flexibility index (Phi) is 6.09. The van der Waals surface area contributed by atoms with Crippen molar-refractivity contribution in [1.82, 2.24) is 24.6 Å². The Labute approximate surface area is 186 Å². The molecule has 32 heavy (non-hydrogen) atoms. The minimum atomic E-state index is -4.65. The van der Waals surface area contributed by atoms with Gasteiger partial charge in [0.25, 0.3) is 0 Å². The van der Waals surface area contributed by atoms with E-state index in [-0.39, 0.29) is 22.1 Å². The molecule has 0 saturated carbocycles. The largest absolute Gasteiger partial charge is 0.419 e. The second kappa shape index (κ2) is 8.54. The topological polar surface area (TPSA) is 103 Å². The van der Waals surface area contributed by atoms with Crippen LogP contribution < -0.4 is 10.0 Å². The number of halogens is 3. The number of H-pyrrole nitrogens is 1. The number of anilines is 1. The van der Waals surface area contributed by atoms with Gasteiger partial charge in [-0.1, -0.05) is 6.07 Å². The molecule has 0 spiro atoms. The third kappa shape index (κ3) is 4.42. The van der Waals surface area contributed by atoms with Crippen molar-refractivity contribution in [1.29, 1.82) is 0 Å². The fourth-order valence-electron chi connectivity index (χ4n) is 3.45. The Morgan fingerprint density at radius 2 is 2.03 bits per heavy atom. The molecule has 13 heteroatoms. The van der Waals surface area contributed by atoms with Crippen LogP contribution in [0.4, 0.5) is 19.1 Å². The molecule has 0 aliphatic carbocycles. The van der Waals surface area contributed by atoms with Gasteiger partial charge in [0.15, 0.2) is 0 Å². The Morgan fingerprint density at radius 1 is 1.25 bits per heavy atom. The minimum Gasteiger partial charge on any atom is -0.360 e. The number of benzene rings is 1. The SMILES string of the molecule is CN(C)S(=O)(=O)c1ccc2c(-c3nc(N[SH]4CCCNC4)ncc3C(F)(F)F)c[nH]c2c1. The van der Waals surface area contributed by atoms with Gasteiger partial charge in [0.05, 0.1) is 10.6 Å². The summed E-state index contributed by atoms with van der Waals surface area (Å²) in [5.41, 5.74) is -0.598. The van der Waals surface area contributed by atoms with Gasteiger partial charge in [-0.2, -0.15) is 24.3 Å². The lowest BCUT2D eigenvalue weighted by atomic mass is 10.1. The summed E-state index contributed by atoms with van der Waals surface area (Å²) in [5.74, 6) is 1.81. The molecule has 8 nitrogen and oxygen atoms in total. The van der Waals surface area contributed by atoms with Crippen molar-refractivity contribution >= 4 is 38.0 Å². The molecule has 0 radical (unpaired) electrons. The second-order valence-electron chi connectivity index (χ2n) is 7.54. The molecule has 1 atom stereocenters. The van der Waals surface area contributed by atoms with E-state index in [9.17, 15) is 21.6 Å². The van der Waals surface area contributed by atoms with Gasteiger partial charge in [-0.05, 0) is 30.9 Å². The molecule has 1 aliphatic heterocycles. The number of fused-ring (bicyclic) bond motifs is 1. The van der Waals surface area contributed by atoms with E-state index in [0.29, 0.717) is 10.9 Å². The van der Waals surface area contributed by atoms with E-state index >= 15 is 0 Å². The zero-order valence-electron chi connectivity index (χ0n) is 17.4. The van der Waals surface area contributed by atoms with Crippen molar-refractivity contribution in [2.75, 3.05) is 37.0 Å². The van der Waals surface area contributed by atoms with E-state index in [1.165, 1.54) is 38.5 Å². The zero-order chi connectivity index (χ0) is 23.1. The maximum Gasteiger partial charge on any atom is 0.419 e. The first-order chi connectivity index (χ1) is 15.1. The van der Waals surface area contributed by atoms with E-state index in [1.54, 1.807) is 0 Å². The van der Waals surface area contributed by atoms with Crippen LogP contribution in [0.5, 0.6) is 0 Å². The van der Waals surface area contributed by atoms with E-state index in [0.717, 1.165) is 35.1 Å². The Balaban J connectivity index is 1.79. The Hall–Kier alpha value is -2.35. The number of aromatic nitrogens is 3. The normalized spacial score (nSPS) is 18.9. The summed E-state index contributed by atoms with van der Waals surface area (Å²) >= 11 is -0.660. The van der Waals surface area contributed by atoms with Crippen LogP contribution in [-0.4, -0.2) is 59.9 Å². The smallest absolute Gasteiger partial charge is 0.360 e. The first kappa shape index (κ1) is 22.8. The summed E-state index contributed by atoms with van der Waals surface area (Å²) in [6.45, 7) is 0.917. The predicted octanol–water partition coefficient (Wildman–Crippen LogP) is 3.17. The molecule has 1 saturated heterocycles. The molecular formula is C19H23F3N6O2S2. The van der Waals surface area contributed by atoms with Crippen molar-refractivity contribution in [3.63, 3.8) is 0 Å². The molecule has 1 unspecified atom stereocenters. The number of nitrogens with one attached hydrogen (secondary N) is 3. The summed E-state index contributed by atoms with van der Waals surface area (Å²) in [6.07, 6.45) is -1.47. The standard InChI is InChI=1S/C19H23F3N6O2S2/c1-28(2)32(29,30)12-4-5-13-14(9-24-16(13)8-12)17-15(19(20,21)22)10-25-18(26-17)27-31-7-3-6-23-11-31/h4-5,8-10,23-24,31H,3,6-7,11H2,1-2H3,(H,25,26,27). The van der Waals surface area contributed by atoms with E-state index < -0.39 is 32.8 Å². The summed E-state index contributed by atoms with van der Waals surface area (Å²) in [4.78, 5) is 11.1. The molecule has 4 rings (SSSR count). The van der Waals surface area contributed by atoms with Crippen molar-refractivity contribution in [2.24, 2.45) is 0 Å². The van der Waals surface area contributed by atoms with Crippen LogP contribution in [0.25, 0.3) is 22.2 Å². The molecule has 1 fully saturated rings. The van der Waals surface area contributed by atoms with Crippen LogP contribution in [0.2, 0.25) is 0 Å². The van der Waals surface area contributed by atoms with Gasteiger partial charge >= 0.3 is 6.18 Å². The summed E-state index contributed by atoms with van der Waals surface area (Å²) in [7, 11) is -0.863. The Bertz CT molecular complexity index is 1240. The highest BCUT2D eigenvalue weighted by Gasteiger charge is 2.36. The highest BCUT2D eigenvalue weighted by molar-refractivity contribution is 8.18. The summed E-state index contributed by atoms with van der Waals surface area (Å²) < 4.78 is 70.3. The monoisotopic (exact) mass is 488 g/mol. The molecule has 2 aromatic heterocycles. The maximum atomic E-state index is 13.7. The van der Waals surface area contributed by atoms with Crippen LogP contribution in [-0.2, 0) is 16.2 Å². The number of hydrogen-bond donors (Lipinski definition) is 4. The zero-order valence-corrected chi connectivity index (χ0v) is 19.1. The number of alkyl halides is 3. The third-order valence-corrected chi connectivity index (χ3v) is 8.91.